The molecule has 0 fully saturated rings. The van der Waals surface area contributed by atoms with Crippen LogP contribution in [0.4, 0.5) is 0 Å². The third-order valence-corrected chi connectivity index (χ3v) is 2.90. The van der Waals surface area contributed by atoms with Crippen molar-refractivity contribution in [1.29, 1.82) is 0 Å². The summed E-state index contributed by atoms with van der Waals surface area (Å²) in [6, 6.07) is 9.61. The minimum Gasteiger partial charge on any atom is -0.497 e. The van der Waals surface area contributed by atoms with Crippen LogP contribution in [-0.4, -0.2) is 16.9 Å². The molecular formula is C14H17ClN2O. The van der Waals surface area contributed by atoms with Crippen LogP contribution in [0.3, 0.4) is 0 Å². The van der Waals surface area contributed by atoms with E-state index in [2.05, 4.69) is 18.9 Å². The molecule has 0 amide bonds. The van der Waals surface area contributed by atoms with E-state index in [-0.39, 0.29) is 0 Å². The summed E-state index contributed by atoms with van der Waals surface area (Å²) in [7, 11) is 1.65. The number of benzene rings is 1. The lowest BCUT2D eigenvalue weighted by molar-refractivity contribution is 0.414. The first-order valence-electron chi connectivity index (χ1n) is 5.99. The number of rotatable bonds is 4. The van der Waals surface area contributed by atoms with E-state index in [4.69, 9.17) is 16.3 Å². The molecule has 0 aliphatic rings. The molecule has 0 atom stereocenters. The number of ether oxygens (including phenoxy) is 1. The lowest BCUT2D eigenvalue weighted by atomic mass is 10.1. The average Bonchev–Trinajstić information content (AvgIpc) is 2.69. The first-order valence-corrected chi connectivity index (χ1v) is 6.37. The number of hydrogen-bond donors (Lipinski definition) is 0. The van der Waals surface area contributed by atoms with Crippen molar-refractivity contribution in [3.05, 3.63) is 41.2 Å². The van der Waals surface area contributed by atoms with Gasteiger partial charge in [0.25, 0.3) is 0 Å². The van der Waals surface area contributed by atoms with Crippen LogP contribution in [0, 0.1) is 5.92 Å². The highest BCUT2D eigenvalue weighted by molar-refractivity contribution is 6.29. The minimum atomic E-state index is 0.565. The summed E-state index contributed by atoms with van der Waals surface area (Å²) < 4.78 is 6.94. The highest BCUT2D eigenvalue weighted by atomic mass is 35.5. The van der Waals surface area contributed by atoms with Gasteiger partial charge in [0.15, 0.2) is 0 Å². The van der Waals surface area contributed by atoms with Gasteiger partial charge in [-0.15, -0.1) is 0 Å². The van der Waals surface area contributed by atoms with Gasteiger partial charge >= 0.3 is 0 Å². The van der Waals surface area contributed by atoms with Crippen molar-refractivity contribution in [2.45, 2.75) is 20.3 Å². The Morgan fingerprint density at radius 1 is 1.33 bits per heavy atom. The summed E-state index contributed by atoms with van der Waals surface area (Å²) in [6.45, 7) is 4.33. The molecule has 2 aromatic rings. The molecule has 3 nitrogen and oxygen atoms in total. The minimum absolute atomic E-state index is 0.565. The van der Waals surface area contributed by atoms with Crippen molar-refractivity contribution in [2.24, 2.45) is 5.92 Å². The smallest absolute Gasteiger partial charge is 0.133 e. The van der Waals surface area contributed by atoms with E-state index in [0.29, 0.717) is 11.1 Å². The second-order valence-electron chi connectivity index (χ2n) is 4.67. The Bertz CT molecular complexity index is 534. The molecule has 0 bridgehead atoms. The van der Waals surface area contributed by atoms with E-state index in [0.717, 1.165) is 23.6 Å². The summed E-state index contributed by atoms with van der Waals surface area (Å²) in [5.74, 6) is 1.36. The van der Waals surface area contributed by atoms with E-state index in [1.54, 1.807) is 11.8 Å². The highest BCUT2D eigenvalue weighted by Crippen LogP contribution is 2.22. The van der Waals surface area contributed by atoms with Crippen LogP contribution in [0.25, 0.3) is 5.69 Å². The zero-order valence-corrected chi connectivity index (χ0v) is 11.6. The van der Waals surface area contributed by atoms with Gasteiger partial charge in [-0.25, -0.2) is 4.68 Å². The van der Waals surface area contributed by atoms with Crippen molar-refractivity contribution >= 4 is 11.6 Å². The summed E-state index contributed by atoms with van der Waals surface area (Å²) in [5, 5.41) is 5.15. The predicted molar refractivity (Wildman–Crippen MR) is 73.7 cm³/mol. The fraction of sp³-hybridized carbons (Fsp3) is 0.357. The zero-order valence-electron chi connectivity index (χ0n) is 10.9. The third kappa shape index (κ3) is 2.85. The van der Waals surface area contributed by atoms with Crippen LogP contribution in [0.5, 0.6) is 5.75 Å². The Morgan fingerprint density at radius 2 is 2.11 bits per heavy atom. The molecule has 0 unspecified atom stereocenters. The Morgan fingerprint density at radius 3 is 2.78 bits per heavy atom. The molecule has 0 N–H and O–H groups in total. The van der Waals surface area contributed by atoms with Gasteiger partial charge in [0.1, 0.15) is 10.9 Å². The summed E-state index contributed by atoms with van der Waals surface area (Å²) in [5.41, 5.74) is 1.92. The van der Waals surface area contributed by atoms with Gasteiger partial charge < -0.3 is 4.74 Å². The van der Waals surface area contributed by atoms with E-state index in [9.17, 15) is 0 Å². The second kappa shape index (κ2) is 5.44. The molecular weight excluding hydrogens is 248 g/mol. The van der Waals surface area contributed by atoms with Gasteiger partial charge in [-0.3, -0.25) is 0 Å². The number of hydrogen-bond acceptors (Lipinski definition) is 2. The molecule has 1 aromatic heterocycles. The van der Waals surface area contributed by atoms with Crippen molar-refractivity contribution in [2.75, 3.05) is 7.11 Å². The number of nitrogens with zero attached hydrogens (tertiary/aromatic N) is 2. The summed E-state index contributed by atoms with van der Waals surface area (Å²) >= 11 is 6.22. The quantitative estimate of drug-likeness (QED) is 0.841. The second-order valence-corrected chi connectivity index (χ2v) is 5.06. The van der Waals surface area contributed by atoms with Crippen LogP contribution in [-0.2, 0) is 6.42 Å². The topological polar surface area (TPSA) is 27.1 Å². The van der Waals surface area contributed by atoms with E-state index < -0.39 is 0 Å². The number of halogens is 1. The largest absolute Gasteiger partial charge is 0.497 e. The van der Waals surface area contributed by atoms with Crippen LogP contribution in [0.15, 0.2) is 30.3 Å². The standard InChI is InChI=1S/C14H17ClN2O/c1-10(2)7-11-8-14(15)17(16-11)12-5-4-6-13(9-12)18-3/h4-6,8-10H,7H2,1-3H3. The SMILES string of the molecule is COc1cccc(-n2nc(CC(C)C)cc2Cl)c1. The Labute approximate surface area is 112 Å². The maximum Gasteiger partial charge on any atom is 0.133 e. The van der Waals surface area contributed by atoms with Crippen LogP contribution in [0.1, 0.15) is 19.5 Å². The third-order valence-electron chi connectivity index (χ3n) is 2.63. The molecule has 4 heteroatoms. The Balaban J connectivity index is 2.34. The van der Waals surface area contributed by atoms with Crippen LogP contribution >= 0.6 is 11.6 Å². The molecule has 0 saturated carbocycles. The lowest BCUT2D eigenvalue weighted by Crippen LogP contribution is -2.00. The Hall–Kier alpha value is -1.48. The lowest BCUT2D eigenvalue weighted by Gasteiger charge is -2.05. The molecule has 2 rings (SSSR count). The first kappa shape index (κ1) is 13.0. The summed E-state index contributed by atoms with van der Waals surface area (Å²) in [6.07, 6.45) is 0.927. The predicted octanol–water partition coefficient (Wildman–Crippen LogP) is 3.73. The van der Waals surface area contributed by atoms with Gasteiger partial charge in [-0.1, -0.05) is 31.5 Å². The van der Waals surface area contributed by atoms with E-state index in [1.165, 1.54) is 0 Å². The van der Waals surface area contributed by atoms with Crippen molar-refractivity contribution < 1.29 is 4.74 Å². The van der Waals surface area contributed by atoms with Gasteiger partial charge in [0, 0.05) is 6.07 Å². The van der Waals surface area contributed by atoms with Crippen molar-refractivity contribution in [3.63, 3.8) is 0 Å². The monoisotopic (exact) mass is 264 g/mol. The van der Waals surface area contributed by atoms with Crippen LogP contribution in [0.2, 0.25) is 5.15 Å². The van der Waals surface area contributed by atoms with Gasteiger partial charge in [0.05, 0.1) is 18.5 Å². The van der Waals surface area contributed by atoms with Gasteiger partial charge in [-0.2, -0.15) is 5.10 Å². The normalized spacial score (nSPS) is 10.9. The molecule has 1 aromatic carbocycles. The van der Waals surface area contributed by atoms with Gasteiger partial charge in [0.2, 0.25) is 0 Å². The average molecular weight is 265 g/mol. The summed E-state index contributed by atoms with van der Waals surface area (Å²) in [4.78, 5) is 0. The highest BCUT2D eigenvalue weighted by Gasteiger charge is 2.09. The Kier molecular flexibility index (Phi) is 3.92. The maximum atomic E-state index is 6.22. The molecule has 96 valence electrons. The van der Waals surface area contributed by atoms with Gasteiger partial charge in [-0.05, 0) is 30.5 Å². The molecule has 18 heavy (non-hydrogen) atoms. The number of aromatic nitrogens is 2. The maximum absolute atomic E-state index is 6.22. The molecule has 0 spiro atoms. The molecule has 1 heterocycles. The fourth-order valence-electron chi connectivity index (χ4n) is 1.85. The van der Waals surface area contributed by atoms with Crippen molar-refractivity contribution in [1.82, 2.24) is 9.78 Å². The molecule has 0 radical (unpaired) electrons. The molecule has 0 aliphatic carbocycles. The van der Waals surface area contributed by atoms with Crippen LogP contribution < -0.4 is 4.74 Å². The van der Waals surface area contributed by atoms with Crippen molar-refractivity contribution in [3.8, 4) is 11.4 Å². The molecule has 0 aliphatic heterocycles. The molecule has 0 saturated heterocycles. The van der Waals surface area contributed by atoms with E-state index >= 15 is 0 Å². The van der Waals surface area contributed by atoms with E-state index in [1.807, 2.05) is 30.3 Å². The zero-order chi connectivity index (χ0) is 13.1. The first-order chi connectivity index (χ1) is 8.60. The number of methoxy groups -OCH3 is 1. The fourth-order valence-corrected chi connectivity index (χ4v) is 2.11.